The van der Waals surface area contributed by atoms with Gasteiger partial charge in [-0.1, -0.05) is 6.07 Å². The Kier molecular flexibility index (Phi) is 2.63. The van der Waals surface area contributed by atoms with Gasteiger partial charge in [-0.15, -0.1) is 0 Å². The van der Waals surface area contributed by atoms with Crippen LogP contribution >= 0.6 is 0 Å². The molecule has 0 fully saturated rings. The van der Waals surface area contributed by atoms with Crippen LogP contribution in [0.25, 0.3) is 0 Å². The third-order valence-electron chi connectivity index (χ3n) is 1.36. The van der Waals surface area contributed by atoms with E-state index in [0.717, 1.165) is 5.56 Å². The Balaban J connectivity index is 2.53. The van der Waals surface area contributed by atoms with Crippen molar-refractivity contribution in [2.75, 3.05) is 11.9 Å². The molecule has 1 rings (SSSR count). The van der Waals surface area contributed by atoms with Gasteiger partial charge in [0.05, 0.1) is 6.54 Å². The fourth-order valence-corrected chi connectivity index (χ4v) is 0.750. The van der Waals surface area contributed by atoms with Gasteiger partial charge in [-0.2, -0.15) is 0 Å². The van der Waals surface area contributed by atoms with Crippen molar-refractivity contribution in [1.29, 1.82) is 0 Å². The number of rotatable bonds is 3. The molecule has 0 spiro atoms. The van der Waals surface area contributed by atoms with Crippen LogP contribution in [0.15, 0.2) is 18.3 Å². The highest BCUT2D eigenvalue weighted by Gasteiger charge is 1.94. The minimum atomic E-state index is -0.391. The summed E-state index contributed by atoms with van der Waals surface area (Å²) in [5, 5.41) is 2.79. The number of pyridine rings is 1. The number of carbonyl (C=O) groups excluding carboxylic acids is 1. The normalized spacial score (nSPS) is 9.42. The Hall–Kier alpha value is -1.58. The van der Waals surface area contributed by atoms with E-state index >= 15 is 0 Å². The molecule has 0 bridgehead atoms. The zero-order chi connectivity index (χ0) is 8.97. The van der Waals surface area contributed by atoms with Gasteiger partial charge in [0, 0.05) is 6.20 Å². The molecular weight excluding hydrogens is 154 g/mol. The molecular formula is C8H11N3O. The predicted molar refractivity (Wildman–Crippen MR) is 46.7 cm³/mol. The number of carbonyl (C=O) groups is 1. The van der Waals surface area contributed by atoms with Gasteiger partial charge in [0.15, 0.2) is 0 Å². The van der Waals surface area contributed by atoms with Crippen molar-refractivity contribution in [3.8, 4) is 0 Å². The van der Waals surface area contributed by atoms with Crippen LogP contribution in [0.5, 0.6) is 0 Å². The number of nitrogens with one attached hydrogen (secondary N) is 1. The van der Waals surface area contributed by atoms with Crippen molar-refractivity contribution in [3.05, 3.63) is 23.9 Å². The van der Waals surface area contributed by atoms with E-state index in [1.807, 2.05) is 13.0 Å². The van der Waals surface area contributed by atoms with E-state index < -0.39 is 5.91 Å². The van der Waals surface area contributed by atoms with Gasteiger partial charge in [0.2, 0.25) is 5.91 Å². The van der Waals surface area contributed by atoms with E-state index in [1.54, 1.807) is 12.3 Å². The average molecular weight is 165 g/mol. The summed E-state index contributed by atoms with van der Waals surface area (Å²) in [6.07, 6.45) is 1.73. The maximum Gasteiger partial charge on any atom is 0.236 e. The highest BCUT2D eigenvalue weighted by molar-refractivity contribution is 5.78. The van der Waals surface area contributed by atoms with Crippen molar-refractivity contribution in [2.45, 2.75) is 6.92 Å². The van der Waals surface area contributed by atoms with E-state index in [2.05, 4.69) is 10.3 Å². The van der Waals surface area contributed by atoms with Crippen LogP contribution in [-0.2, 0) is 4.79 Å². The van der Waals surface area contributed by atoms with Crippen LogP contribution in [0.3, 0.4) is 0 Å². The summed E-state index contributed by atoms with van der Waals surface area (Å²) in [5.74, 6) is 0.275. The van der Waals surface area contributed by atoms with E-state index in [4.69, 9.17) is 5.73 Å². The Morgan fingerprint density at radius 1 is 1.67 bits per heavy atom. The number of amides is 1. The first kappa shape index (κ1) is 8.52. The molecule has 64 valence electrons. The molecule has 0 radical (unpaired) electrons. The second kappa shape index (κ2) is 3.71. The van der Waals surface area contributed by atoms with Crippen molar-refractivity contribution in [1.82, 2.24) is 4.98 Å². The lowest BCUT2D eigenvalue weighted by Crippen LogP contribution is -2.22. The number of primary amides is 1. The van der Waals surface area contributed by atoms with Gasteiger partial charge in [-0.25, -0.2) is 4.98 Å². The van der Waals surface area contributed by atoms with Crippen LogP contribution in [0, 0.1) is 6.92 Å². The lowest BCUT2D eigenvalue weighted by Gasteiger charge is -2.01. The summed E-state index contributed by atoms with van der Waals surface area (Å²) in [6.45, 7) is 2.07. The number of aromatic nitrogens is 1. The molecule has 0 saturated carbocycles. The number of hydrogen-bond donors (Lipinski definition) is 2. The molecule has 4 heteroatoms. The second-order valence-electron chi connectivity index (χ2n) is 2.54. The SMILES string of the molecule is Cc1ccc(NCC(N)=O)nc1. The van der Waals surface area contributed by atoms with Gasteiger partial charge in [-0.3, -0.25) is 4.79 Å². The summed E-state index contributed by atoms with van der Waals surface area (Å²) in [7, 11) is 0. The molecule has 0 unspecified atom stereocenters. The zero-order valence-corrected chi connectivity index (χ0v) is 6.87. The van der Waals surface area contributed by atoms with E-state index in [0.29, 0.717) is 5.82 Å². The molecule has 1 aromatic heterocycles. The summed E-state index contributed by atoms with van der Waals surface area (Å²) in [4.78, 5) is 14.4. The molecule has 0 aliphatic heterocycles. The molecule has 0 saturated heterocycles. The summed E-state index contributed by atoms with van der Waals surface area (Å²) in [5.41, 5.74) is 6.02. The number of nitrogens with two attached hydrogens (primary N) is 1. The highest BCUT2D eigenvalue weighted by Crippen LogP contribution is 2.02. The third kappa shape index (κ3) is 2.57. The number of nitrogens with zero attached hydrogens (tertiary/aromatic N) is 1. The number of anilines is 1. The third-order valence-corrected chi connectivity index (χ3v) is 1.36. The largest absolute Gasteiger partial charge is 0.368 e. The lowest BCUT2D eigenvalue weighted by molar-refractivity contribution is -0.116. The first-order chi connectivity index (χ1) is 5.68. The van der Waals surface area contributed by atoms with E-state index in [9.17, 15) is 4.79 Å². The summed E-state index contributed by atoms with van der Waals surface area (Å²) < 4.78 is 0. The van der Waals surface area contributed by atoms with Gasteiger partial charge in [0.25, 0.3) is 0 Å². The average Bonchev–Trinajstić information content (AvgIpc) is 2.03. The number of aryl methyl sites for hydroxylation is 1. The van der Waals surface area contributed by atoms with Crippen LogP contribution < -0.4 is 11.1 Å². The Bertz CT molecular complexity index is 268. The lowest BCUT2D eigenvalue weighted by atomic mass is 10.3. The smallest absolute Gasteiger partial charge is 0.236 e. The molecule has 1 amide bonds. The highest BCUT2D eigenvalue weighted by atomic mass is 16.1. The second-order valence-corrected chi connectivity index (χ2v) is 2.54. The fourth-order valence-electron chi connectivity index (χ4n) is 0.750. The molecule has 3 N–H and O–H groups in total. The van der Waals surface area contributed by atoms with Crippen molar-refractivity contribution in [2.24, 2.45) is 5.73 Å². The zero-order valence-electron chi connectivity index (χ0n) is 6.87. The number of hydrogen-bond acceptors (Lipinski definition) is 3. The quantitative estimate of drug-likeness (QED) is 0.676. The van der Waals surface area contributed by atoms with Gasteiger partial charge in [-0.05, 0) is 18.6 Å². The molecule has 4 nitrogen and oxygen atoms in total. The topological polar surface area (TPSA) is 68.0 Å². The van der Waals surface area contributed by atoms with E-state index in [-0.39, 0.29) is 6.54 Å². The van der Waals surface area contributed by atoms with Gasteiger partial charge >= 0.3 is 0 Å². The Morgan fingerprint density at radius 3 is 2.92 bits per heavy atom. The maximum absolute atomic E-state index is 10.4. The van der Waals surface area contributed by atoms with Crippen LogP contribution in [0.4, 0.5) is 5.82 Å². The predicted octanol–water partition coefficient (Wildman–Crippen LogP) is 0.287. The first-order valence-electron chi connectivity index (χ1n) is 3.63. The molecule has 0 aromatic carbocycles. The summed E-state index contributed by atoms with van der Waals surface area (Å²) >= 11 is 0. The standard InChI is InChI=1S/C8H11N3O/c1-6-2-3-8(10-4-6)11-5-7(9)12/h2-4H,5H2,1H3,(H2,9,12)(H,10,11). The van der Waals surface area contributed by atoms with Crippen molar-refractivity contribution in [3.63, 3.8) is 0 Å². The molecule has 0 atom stereocenters. The summed E-state index contributed by atoms with van der Waals surface area (Å²) in [6, 6.07) is 3.72. The van der Waals surface area contributed by atoms with Crippen LogP contribution in [0.2, 0.25) is 0 Å². The Morgan fingerprint density at radius 2 is 2.42 bits per heavy atom. The van der Waals surface area contributed by atoms with Crippen LogP contribution in [0.1, 0.15) is 5.56 Å². The van der Waals surface area contributed by atoms with Crippen molar-refractivity contribution >= 4 is 11.7 Å². The minimum absolute atomic E-state index is 0.121. The molecule has 1 aromatic rings. The first-order valence-corrected chi connectivity index (χ1v) is 3.63. The monoisotopic (exact) mass is 165 g/mol. The fraction of sp³-hybridized carbons (Fsp3) is 0.250. The van der Waals surface area contributed by atoms with E-state index in [1.165, 1.54) is 0 Å². The van der Waals surface area contributed by atoms with Gasteiger partial charge < -0.3 is 11.1 Å². The Labute approximate surface area is 70.8 Å². The molecule has 12 heavy (non-hydrogen) atoms. The molecule has 0 aliphatic rings. The van der Waals surface area contributed by atoms with Crippen molar-refractivity contribution < 1.29 is 4.79 Å². The maximum atomic E-state index is 10.4. The molecule has 0 aliphatic carbocycles. The van der Waals surface area contributed by atoms with Crippen LogP contribution in [-0.4, -0.2) is 17.4 Å². The minimum Gasteiger partial charge on any atom is -0.368 e. The van der Waals surface area contributed by atoms with Gasteiger partial charge in [0.1, 0.15) is 5.82 Å². The molecule has 1 heterocycles.